The summed E-state index contributed by atoms with van der Waals surface area (Å²) in [5, 5.41) is 8.54. The average Bonchev–Trinajstić information content (AvgIpc) is 2.52. The van der Waals surface area contributed by atoms with Crippen molar-refractivity contribution >= 4 is 11.9 Å². The molecule has 0 heterocycles. The maximum absolute atomic E-state index is 12.0. The van der Waals surface area contributed by atoms with Gasteiger partial charge in [-0.15, -0.1) is 0 Å². The van der Waals surface area contributed by atoms with E-state index in [0.717, 1.165) is 5.56 Å². The van der Waals surface area contributed by atoms with Crippen molar-refractivity contribution in [3.05, 3.63) is 71.8 Å². The average molecular weight is 263 g/mol. The Hall–Kier alpha value is -2.86. The lowest BCUT2D eigenvalue weighted by molar-refractivity contribution is 0.104. The first-order valence-electron chi connectivity index (χ1n) is 6.17. The third-order valence-corrected chi connectivity index (χ3v) is 2.68. The van der Waals surface area contributed by atoms with Gasteiger partial charge in [-0.1, -0.05) is 48.5 Å². The molecule has 0 aliphatic heterocycles. The zero-order valence-corrected chi connectivity index (χ0v) is 10.8. The predicted octanol–water partition coefficient (Wildman–Crippen LogP) is 3.49. The highest BCUT2D eigenvalue weighted by molar-refractivity contribution is 6.06. The van der Waals surface area contributed by atoms with Gasteiger partial charge < -0.3 is 4.74 Å². The number of rotatable bonds is 5. The number of carbonyl (C=O) groups excluding carboxylic acids is 1. The van der Waals surface area contributed by atoms with Crippen LogP contribution in [0.1, 0.15) is 15.9 Å². The fraction of sp³-hybridized carbons (Fsp3) is 0.0588. The van der Waals surface area contributed by atoms with E-state index in [1.165, 1.54) is 6.08 Å². The van der Waals surface area contributed by atoms with E-state index >= 15 is 0 Å². The van der Waals surface area contributed by atoms with E-state index in [0.29, 0.717) is 11.3 Å². The minimum absolute atomic E-state index is 0.0164. The van der Waals surface area contributed by atoms with Gasteiger partial charge in [-0.2, -0.15) is 5.26 Å². The molecule has 0 atom stereocenters. The number of hydrogen-bond acceptors (Lipinski definition) is 3. The molecule has 0 aromatic heterocycles. The standard InChI is InChI=1S/C17H13NO2/c18-12-13-20-17-9-5-4-8-15(17)10-11-16(19)14-6-2-1-3-7-14/h1-11H,13H2/b11-10+. The summed E-state index contributed by atoms with van der Waals surface area (Å²) in [5.41, 5.74) is 1.41. The Bertz CT molecular complexity index is 654. The van der Waals surface area contributed by atoms with Crippen LogP contribution in [-0.2, 0) is 0 Å². The summed E-state index contributed by atoms with van der Waals surface area (Å²) in [4.78, 5) is 12.0. The Morgan fingerprint density at radius 2 is 1.80 bits per heavy atom. The van der Waals surface area contributed by atoms with Crippen LogP contribution in [-0.4, -0.2) is 12.4 Å². The molecule has 2 aromatic carbocycles. The second-order valence-electron chi connectivity index (χ2n) is 4.05. The minimum atomic E-state index is -0.0688. The molecule has 98 valence electrons. The molecule has 0 fully saturated rings. The van der Waals surface area contributed by atoms with Crippen molar-refractivity contribution in [1.82, 2.24) is 0 Å². The van der Waals surface area contributed by atoms with Crippen molar-refractivity contribution in [3.63, 3.8) is 0 Å². The van der Waals surface area contributed by atoms with E-state index < -0.39 is 0 Å². The van der Waals surface area contributed by atoms with Crippen LogP contribution in [0.4, 0.5) is 0 Å². The third-order valence-electron chi connectivity index (χ3n) is 2.68. The lowest BCUT2D eigenvalue weighted by atomic mass is 10.1. The number of ether oxygens (including phenoxy) is 1. The SMILES string of the molecule is N#CCOc1ccccc1/C=C/C(=O)c1ccccc1. The lowest BCUT2D eigenvalue weighted by Gasteiger charge is -2.05. The van der Waals surface area contributed by atoms with Crippen LogP contribution < -0.4 is 4.74 Å². The zero-order valence-electron chi connectivity index (χ0n) is 10.8. The molecular weight excluding hydrogens is 250 g/mol. The second-order valence-corrected chi connectivity index (χ2v) is 4.05. The molecule has 3 nitrogen and oxygen atoms in total. The van der Waals surface area contributed by atoms with Crippen molar-refractivity contribution < 1.29 is 9.53 Å². The van der Waals surface area contributed by atoms with Crippen molar-refractivity contribution in [2.24, 2.45) is 0 Å². The van der Waals surface area contributed by atoms with Crippen LogP contribution >= 0.6 is 0 Å². The number of nitriles is 1. The van der Waals surface area contributed by atoms with Crippen molar-refractivity contribution in [1.29, 1.82) is 5.26 Å². The highest BCUT2D eigenvalue weighted by Gasteiger charge is 2.02. The van der Waals surface area contributed by atoms with Gasteiger partial charge in [0.1, 0.15) is 11.8 Å². The first-order valence-corrected chi connectivity index (χ1v) is 6.17. The summed E-state index contributed by atoms with van der Waals surface area (Å²) in [6, 6.07) is 18.3. The maximum Gasteiger partial charge on any atom is 0.185 e. The van der Waals surface area contributed by atoms with Crippen LogP contribution in [0.15, 0.2) is 60.7 Å². The summed E-state index contributed by atoms with van der Waals surface area (Å²) in [7, 11) is 0. The Kier molecular flexibility index (Phi) is 4.69. The summed E-state index contributed by atoms with van der Waals surface area (Å²) in [6.45, 7) is -0.0164. The number of hydrogen-bond donors (Lipinski definition) is 0. The largest absolute Gasteiger partial charge is 0.478 e. The van der Waals surface area contributed by atoms with Crippen molar-refractivity contribution in [3.8, 4) is 11.8 Å². The molecule has 0 saturated carbocycles. The predicted molar refractivity (Wildman–Crippen MR) is 77.4 cm³/mol. The van der Waals surface area contributed by atoms with Gasteiger partial charge in [-0.25, -0.2) is 0 Å². The maximum atomic E-state index is 12.0. The highest BCUT2D eigenvalue weighted by atomic mass is 16.5. The third kappa shape index (κ3) is 3.56. The monoisotopic (exact) mass is 263 g/mol. The molecule has 0 bridgehead atoms. The second kappa shape index (κ2) is 6.91. The van der Waals surface area contributed by atoms with Gasteiger partial charge in [0.05, 0.1) is 0 Å². The molecule has 2 aromatic rings. The van der Waals surface area contributed by atoms with Crippen molar-refractivity contribution in [2.45, 2.75) is 0 Å². The van der Waals surface area contributed by atoms with E-state index in [2.05, 4.69) is 0 Å². The molecule has 2 rings (SSSR count). The molecule has 0 aliphatic carbocycles. The minimum Gasteiger partial charge on any atom is -0.478 e. The molecular formula is C17H13NO2. The Labute approximate surface area is 117 Å². The molecule has 0 saturated heterocycles. The molecule has 3 heteroatoms. The van der Waals surface area contributed by atoms with Crippen LogP contribution in [0, 0.1) is 11.3 Å². The molecule has 0 amide bonds. The fourth-order valence-corrected chi connectivity index (χ4v) is 1.72. The summed E-state index contributed by atoms with van der Waals surface area (Å²) in [5.74, 6) is 0.520. The molecule has 0 spiro atoms. The zero-order chi connectivity index (χ0) is 14.2. The quantitative estimate of drug-likeness (QED) is 0.613. The van der Waals surface area contributed by atoms with E-state index in [1.807, 2.05) is 42.5 Å². The van der Waals surface area contributed by atoms with Crippen LogP contribution in [0.25, 0.3) is 6.08 Å². The van der Waals surface area contributed by atoms with Gasteiger partial charge in [-0.3, -0.25) is 4.79 Å². The van der Waals surface area contributed by atoms with Gasteiger partial charge >= 0.3 is 0 Å². The number of nitrogens with zero attached hydrogens (tertiary/aromatic N) is 1. The number of allylic oxidation sites excluding steroid dienone is 1. The normalized spacial score (nSPS) is 10.2. The smallest absolute Gasteiger partial charge is 0.185 e. The van der Waals surface area contributed by atoms with Crippen LogP contribution in [0.3, 0.4) is 0 Å². The summed E-state index contributed by atoms with van der Waals surface area (Å²) >= 11 is 0. The van der Waals surface area contributed by atoms with E-state index in [9.17, 15) is 4.79 Å². The van der Waals surface area contributed by atoms with Crippen molar-refractivity contribution in [2.75, 3.05) is 6.61 Å². The Morgan fingerprint density at radius 3 is 2.55 bits per heavy atom. The Morgan fingerprint density at radius 1 is 1.10 bits per heavy atom. The highest BCUT2D eigenvalue weighted by Crippen LogP contribution is 2.19. The fourth-order valence-electron chi connectivity index (χ4n) is 1.72. The number of ketones is 1. The lowest BCUT2D eigenvalue weighted by Crippen LogP contribution is -1.96. The molecule has 0 unspecified atom stereocenters. The van der Waals surface area contributed by atoms with E-state index in [4.69, 9.17) is 10.00 Å². The van der Waals surface area contributed by atoms with Gasteiger partial charge in [0.25, 0.3) is 0 Å². The molecule has 20 heavy (non-hydrogen) atoms. The topological polar surface area (TPSA) is 50.1 Å². The van der Waals surface area contributed by atoms with Gasteiger partial charge in [0.15, 0.2) is 12.4 Å². The number of carbonyl (C=O) groups is 1. The van der Waals surface area contributed by atoms with E-state index in [1.54, 1.807) is 24.3 Å². The van der Waals surface area contributed by atoms with E-state index in [-0.39, 0.29) is 12.4 Å². The first-order chi connectivity index (χ1) is 9.81. The summed E-state index contributed by atoms with van der Waals surface area (Å²) < 4.78 is 5.30. The molecule has 0 N–H and O–H groups in total. The van der Waals surface area contributed by atoms with Gasteiger partial charge in [0.2, 0.25) is 0 Å². The first kappa shape index (κ1) is 13.6. The number of para-hydroxylation sites is 1. The van der Waals surface area contributed by atoms with Gasteiger partial charge in [0, 0.05) is 11.1 Å². The van der Waals surface area contributed by atoms with Crippen LogP contribution in [0.2, 0.25) is 0 Å². The van der Waals surface area contributed by atoms with Gasteiger partial charge in [-0.05, 0) is 18.2 Å². The summed E-state index contributed by atoms with van der Waals surface area (Å²) in [6.07, 6.45) is 3.20. The molecule has 0 aliphatic rings. The Balaban J connectivity index is 2.16. The van der Waals surface area contributed by atoms with Crippen LogP contribution in [0.5, 0.6) is 5.75 Å². The number of benzene rings is 2. The molecule has 0 radical (unpaired) electrons.